The van der Waals surface area contributed by atoms with Crippen LogP contribution in [0, 0.1) is 6.92 Å². The number of carbonyl (C=O) groups is 1. The highest BCUT2D eigenvalue weighted by molar-refractivity contribution is 7.15. The van der Waals surface area contributed by atoms with Gasteiger partial charge in [-0.05, 0) is 61.0 Å². The van der Waals surface area contributed by atoms with Gasteiger partial charge in [0, 0.05) is 22.2 Å². The number of carbonyl (C=O) groups excluding carboxylic acids is 1. The molecule has 37 heavy (non-hydrogen) atoms. The number of thiazole rings is 1. The summed E-state index contributed by atoms with van der Waals surface area (Å²) in [6, 6.07) is 23.0. The first-order valence-electron chi connectivity index (χ1n) is 11.8. The van der Waals surface area contributed by atoms with Gasteiger partial charge in [-0.25, -0.2) is 9.97 Å². The van der Waals surface area contributed by atoms with E-state index in [4.69, 9.17) is 19.2 Å². The van der Waals surface area contributed by atoms with Gasteiger partial charge >= 0.3 is 0 Å². The van der Waals surface area contributed by atoms with Crippen LogP contribution in [0.4, 0.5) is 5.13 Å². The minimum absolute atomic E-state index is 0.225. The summed E-state index contributed by atoms with van der Waals surface area (Å²) < 4.78 is 16.2. The first-order valence-corrected chi connectivity index (χ1v) is 12.6. The average molecular weight is 510 g/mol. The van der Waals surface area contributed by atoms with Crippen LogP contribution in [0.5, 0.6) is 17.2 Å². The SMILES string of the molecule is COc1ccc(-c2cc(C(=O)Nc3nc(C)c(Cc4ccc5c(c4)OCO5)s3)c3ccccc3n2)cc1. The smallest absolute Gasteiger partial charge is 0.258 e. The van der Waals surface area contributed by atoms with E-state index in [0.717, 1.165) is 49.8 Å². The Morgan fingerprint density at radius 2 is 1.81 bits per heavy atom. The maximum absolute atomic E-state index is 13.5. The van der Waals surface area contributed by atoms with Gasteiger partial charge in [0.2, 0.25) is 6.79 Å². The van der Waals surface area contributed by atoms with Gasteiger partial charge < -0.3 is 14.2 Å². The van der Waals surface area contributed by atoms with Gasteiger partial charge in [-0.15, -0.1) is 11.3 Å². The molecular formula is C29H23N3O4S. The first kappa shape index (κ1) is 23.0. The molecule has 184 valence electrons. The summed E-state index contributed by atoms with van der Waals surface area (Å²) in [5.74, 6) is 2.05. The van der Waals surface area contributed by atoms with Gasteiger partial charge in [-0.1, -0.05) is 24.3 Å². The summed E-state index contributed by atoms with van der Waals surface area (Å²) in [6.45, 7) is 2.20. The summed E-state index contributed by atoms with van der Waals surface area (Å²) >= 11 is 1.48. The lowest BCUT2D eigenvalue weighted by Crippen LogP contribution is -2.13. The van der Waals surface area contributed by atoms with E-state index in [-0.39, 0.29) is 12.7 Å². The molecule has 0 fully saturated rings. The highest BCUT2D eigenvalue weighted by atomic mass is 32.1. The normalized spacial score (nSPS) is 12.1. The van der Waals surface area contributed by atoms with Crippen molar-refractivity contribution >= 4 is 33.3 Å². The fraction of sp³-hybridized carbons (Fsp3) is 0.138. The van der Waals surface area contributed by atoms with Crippen molar-refractivity contribution in [2.45, 2.75) is 13.3 Å². The maximum atomic E-state index is 13.5. The van der Waals surface area contributed by atoms with Crippen LogP contribution in [0.1, 0.15) is 26.5 Å². The van der Waals surface area contributed by atoms with Crippen LogP contribution in [0.15, 0.2) is 72.8 Å². The second-order valence-electron chi connectivity index (χ2n) is 8.65. The predicted molar refractivity (Wildman–Crippen MR) is 144 cm³/mol. The van der Waals surface area contributed by atoms with Crippen molar-refractivity contribution in [3.8, 4) is 28.5 Å². The molecule has 0 unspecified atom stereocenters. The van der Waals surface area contributed by atoms with Crippen molar-refractivity contribution in [3.05, 3.63) is 94.5 Å². The molecule has 5 aromatic rings. The summed E-state index contributed by atoms with van der Waals surface area (Å²) in [6.07, 6.45) is 0.690. The monoisotopic (exact) mass is 509 g/mol. The molecule has 7 nitrogen and oxygen atoms in total. The molecule has 0 spiro atoms. The molecule has 8 heteroatoms. The Balaban J connectivity index is 1.28. The van der Waals surface area contributed by atoms with Crippen LogP contribution < -0.4 is 19.5 Å². The molecule has 0 saturated carbocycles. The van der Waals surface area contributed by atoms with E-state index >= 15 is 0 Å². The zero-order valence-electron chi connectivity index (χ0n) is 20.3. The molecular weight excluding hydrogens is 486 g/mol. The lowest BCUT2D eigenvalue weighted by atomic mass is 10.0. The Bertz CT molecular complexity index is 1630. The van der Waals surface area contributed by atoms with E-state index < -0.39 is 0 Å². The van der Waals surface area contributed by atoms with E-state index in [0.29, 0.717) is 22.8 Å². The Morgan fingerprint density at radius 1 is 1.00 bits per heavy atom. The van der Waals surface area contributed by atoms with Gasteiger partial charge in [-0.2, -0.15) is 0 Å². The van der Waals surface area contributed by atoms with Gasteiger partial charge in [0.25, 0.3) is 5.91 Å². The summed E-state index contributed by atoms with van der Waals surface area (Å²) in [5.41, 5.74) is 4.89. The third kappa shape index (κ3) is 4.59. The number of anilines is 1. The van der Waals surface area contributed by atoms with E-state index in [1.165, 1.54) is 11.3 Å². The third-order valence-electron chi connectivity index (χ3n) is 6.26. The van der Waals surface area contributed by atoms with Crippen LogP contribution in [0.2, 0.25) is 0 Å². The highest BCUT2D eigenvalue weighted by Gasteiger charge is 2.18. The van der Waals surface area contributed by atoms with Crippen molar-refractivity contribution in [2.75, 3.05) is 19.2 Å². The first-order chi connectivity index (χ1) is 18.1. The van der Waals surface area contributed by atoms with Crippen LogP contribution >= 0.6 is 11.3 Å². The summed E-state index contributed by atoms with van der Waals surface area (Å²) in [4.78, 5) is 24.0. The minimum atomic E-state index is -0.225. The van der Waals surface area contributed by atoms with Crippen molar-refractivity contribution < 1.29 is 19.0 Å². The lowest BCUT2D eigenvalue weighted by molar-refractivity contribution is 0.102. The number of fused-ring (bicyclic) bond motifs is 2. The van der Waals surface area contributed by atoms with Gasteiger partial charge in [0.1, 0.15) is 5.75 Å². The molecule has 0 atom stereocenters. The number of methoxy groups -OCH3 is 1. The fourth-order valence-corrected chi connectivity index (χ4v) is 5.31. The molecule has 0 bridgehead atoms. The molecule has 1 aliphatic rings. The number of nitrogens with zero attached hydrogens (tertiary/aromatic N) is 2. The van der Waals surface area contributed by atoms with Crippen molar-refractivity contribution in [1.29, 1.82) is 0 Å². The number of para-hydroxylation sites is 1. The summed E-state index contributed by atoms with van der Waals surface area (Å²) in [5, 5.41) is 4.36. The van der Waals surface area contributed by atoms with Gasteiger partial charge in [-0.3, -0.25) is 10.1 Å². The number of nitrogens with one attached hydrogen (secondary N) is 1. The molecule has 1 amide bonds. The zero-order valence-corrected chi connectivity index (χ0v) is 21.1. The average Bonchev–Trinajstić information content (AvgIpc) is 3.53. The number of hydrogen-bond acceptors (Lipinski definition) is 7. The molecule has 0 aliphatic carbocycles. The molecule has 1 aliphatic heterocycles. The Labute approximate surface area is 217 Å². The Morgan fingerprint density at radius 3 is 2.65 bits per heavy atom. The lowest BCUT2D eigenvalue weighted by Gasteiger charge is -2.10. The molecule has 2 aromatic heterocycles. The van der Waals surface area contributed by atoms with Crippen molar-refractivity contribution in [3.63, 3.8) is 0 Å². The third-order valence-corrected chi connectivity index (χ3v) is 7.33. The molecule has 1 N–H and O–H groups in total. The Kier molecular flexibility index (Phi) is 5.94. The number of rotatable bonds is 6. The number of amides is 1. The molecule has 0 radical (unpaired) electrons. The molecule has 6 rings (SSSR count). The number of aryl methyl sites for hydroxylation is 1. The van der Waals surface area contributed by atoms with E-state index in [1.807, 2.05) is 79.7 Å². The molecule has 0 saturated heterocycles. The zero-order chi connectivity index (χ0) is 25.4. The quantitative estimate of drug-likeness (QED) is 0.291. The van der Waals surface area contributed by atoms with Crippen LogP contribution in [0.3, 0.4) is 0 Å². The topological polar surface area (TPSA) is 82.6 Å². The largest absolute Gasteiger partial charge is 0.497 e. The van der Waals surface area contributed by atoms with Gasteiger partial charge in [0.05, 0.1) is 29.6 Å². The van der Waals surface area contributed by atoms with Gasteiger partial charge in [0.15, 0.2) is 16.6 Å². The molecule has 3 aromatic carbocycles. The molecule has 3 heterocycles. The highest BCUT2D eigenvalue weighted by Crippen LogP contribution is 2.34. The minimum Gasteiger partial charge on any atom is -0.497 e. The van der Waals surface area contributed by atoms with E-state index in [1.54, 1.807) is 7.11 Å². The second-order valence-corrected chi connectivity index (χ2v) is 9.73. The number of pyridine rings is 1. The number of ether oxygens (including phenoxy) is 3. The maximum Gasteiger partial charge on any atom is 0.258 e. The number of benzene rings is 3. The number of aromatic nitrogens is 2. The standard InChI is InChI=1S/C29H23N3O4S/c1-17-27(14-18-7-12-25-26(13-18)36-16-35-25)37-29(30-17)32-28(33)22-15-24(19-8-10-20(34-2)11-9-19)31-23-6-4-3-5-21(22)23/h3-13,15H,14,16H2,1-2H3,(H,30,32,33). The van der Waals surface area contributed by atoms with Crippen LogP contribution in [-0.4, -0.2) is 29.8 Å². The van der Waals surface area contributed by atoms with Crippen molar-refractivity contribution in [2.24, 2.45) is 0 Å². The van der Waals surface area contributed by atoms with Crippen molar-refractivity contribution in [1.82, 2.24) is 9.97 Å². The van der Waals surface area contributed by atoms with E-state index in [2.05, 4.69) is 10.3 Å². The number of hydrogen-bond donors (Lipinski definition) is 1. The Hall–Kier alpha value is -4.43. The van der Waals surface area contributed by atoms with Crippen LogP contribution in [-0.2, 0) is 6.42 Å². The second kappa shape index (κ2) is 9.55. The van der Waals surface area contributed by atoms with Crippen LogP contribution in [0.25, 0.3) is 22.2 Å². The predicted octanol–water partition coefficient (Wildman–Crippen LogP) is 6.25. The van der Waals surface area contributed by atoms with E-state index in [9.17, 15) is 4.79 Å². The summed E-state index contributed by atoms with van der Waals surface area (Å²) in [7, 11) is 1.63. The fourth-order valence-electron chi connectivity index (χ4n) is 4.32.